The number of carbonyl (C=O) groups excluding carboxylic acids is 2. The molecule has 0 saturated carbocycles. The number of alkyl halides is 3. The highest BCUT2D eigenvalue weighted by Gasteiger charge is 2.34. The molecule has 0 aliphatic rings. The number of hydrogen-bond donors (Lipinski definition) is 2. The quantitative estimate of drug-likeness (QED) is 0.584. The Morgan fingerprint density at radius 3 is 2.52 bits per heavy atom. The van der Waals surface area contributed by atoms with Gasteiger partial charge in [0.2, 0.25) is 0 Å². The van der Waals surface area contributed by atoms with Crippen LogP contribution in [0.2, 0.25) is 5.02 Å². The van der Waals surface area contributed by atoms with Gasteiger partial charge in [-0.1, -0.05) is 11.6 Å². The minimum atomic E-state index is -4.68. The molecule has 3 rings (SSSR count). The maximum absolute atomic E-state index is 13.0. The number of nitrogens with one attached hydrogen (secondary N) is 2. The maximum atomic E-state index is 13.0. The summed E-state index contributed by atoms with van der Waals surface area (Å²) in [6.45, 7) is 3.45. The highest BCUT2D eigenvalue weighted by molar-refractivity contribution is 7.13. The molecule has 3 heterocycles. The largest absolute Gasteiger partial charge is 0.418 e. The molecule has 13 heteroatoms. The minimum absolute atomic E-state index is 0.138. The first-order valence-corrected chi connectivity index (χ1v) is 9.96. The minimum Gasteiger partial charge on any atom is -0.343 e. The van der Waals surface area contributed by atoms with E-state index in [0.29, 0.717) is 22.3 Å². The fourth-order valence-corrected chi connectivity index (χ4v) is 3.58. The summed E-state index contributed by atoms with van der Waals surface area (Å²) in [5.74, 6) is -1.33. The van der Waals surface area contributed by atoms with Gasteiger partial charge in [-0.3, -0.25) is 14.3 Å². The zero-order valence-electron chi connectivity index (χ0n) is 16.4. The third-order valence-electron chi connectivity index (χ3n) is 4.35. The first kappa shape index (κ1) is 22.7. The standard InChI is InChI=1S/C18H16ClF3N6O2S/c1-8(26-15(29)10-5-25-28(3)9(10)2)17-24-7-13(31-17)16(30)27-14-4-11(18(20,21)22)12(19)6-23-14/h4-8H,1-3H3,(H,26,29)(H,23,27,30)/t8-/m1/s1. The molecule has 0 fully saturated rings. The van der Waals surface area contributed by atoms with Gasteiger partial charge in [-0.2, -0.15) is 18.3 Å². The van der Waals surface area contributed by atoms with E-state index >= 15 is 0 Å². The molecule has 0 aliphatic heterocycles. The number of rotatable bonds is 5. The number of amides is 2. The van der Waals surface area contributed by atoms with E-state index < -0.39 is 28.7 Å². The van der Waals surface area contributed by atoms with Crippen molar-refractivity contribution in [1.29, 1.82) is 0 Å². The van der Waals surface area contributed by atoms with E-state index in [1.807, 2.05) is 0 Å². The summed E-state index contributed by atoms with van der Waals surface area (Å²) in [6.07, 6.45) is -1.14. The van der Waals surface area contributed by atoms with Gasteiger partial charge >= 0.3 is 6.18 Å². The summed E-state index contributed by atoms with van der Waals surface area (Å²) in [5.41, 5.74) is 0.00207. The molecular weight excluding hydrogens is 457 g/mol. The first-order valence-electron chi connectivity index (χ1n) is 8.76. The number of thiazole rings is 1. The monoisotopic (exact) mass is 472 g/mol. The van der Waals surface area contributed by atoms with Crippen molar-refractivity contribution in [2.75, 3.05) is 5.32 Å². The number of nitrogens with zero attached hydrogens (tertiary/aromatic N) is 4. The molecular formula is C18H16ClF3N6O2S. The molecule has 8 nitrogen and oxygen atoms in total. The molecule has 3 aromatic heterocycles. The fourth-order valence-electron chi connectivity index (χ4n) is 2.55. The van der Waals surface area contributed by atoms with Gasteiger partial charge in [0.05, 0.1) is 34.6 Å². The van der Waals surface area contributed by atoms with Gasteiger partial charge in [0.25, 0.3) is 11.8 Å². The lowest BCUT2D eigenvalue weighted by molar-refractivity contribution is -0.137. The maximum Gasteiger partial charge on any atom is 0.418 e. The molecule has 2 N–H and O–H groups in total. The van der Waals surface area contributed by atoms with E-state index in [9.17, 15) is 22.8 Å². The molecule has 0 radical (unpaired) electrons. The second-order valence-electron chi connectivity index (χ2n) is 6.53. The van der Waals surface area contributed by atoms with E-state index in [1.165, 1.54) is 12.4 Å². The second-order valence-corrected chi connectivity index (χ2v) is 8.00. The van der Waals surface area contributed by atoms with Gasteiger partial charge in [-0.15, -0.1) is 11.3 Å². The van der Waals surface area contributed by atoms with Crippen molar-refractivity contribution in [3.63, 3.8) is 0 Å². The van der Waals surface area contributed by atoms with E-state index in [-0.39, 0.29) is 16.6 Å². The van der Waals surface area contributed by atoms with Crippen LogP contribution in [0.3, 0.4) is 0 Å². The summed E-state index contributed by atoms with van der Waals surface area (Å²) in [4.78, 5) is 32.8. The Morgan fingerprint density at radius 2 is 1.90 bits per heavy atom. The number of hydrogen-bond acceptors (Lipinski definition) is 6. The van der Waals surface area contributed by atoms with E-state index in [4.69, 9.17) is 11.6 Å². The van der Waals surface area contributed by atoms with Gasteiger partial charge in [0, 0.05) is 18.9 Å². The van der Waals surface area contributed by atoms with Gasteiger partial charge in [0.1, 0.15) is 15.7 Å². The Bertz CT molecular complexity index is 1140. The van der Waals surface area contributed by atoms with E-state index in [1.54, 1.807) is 25.6 Å². The summed E-state index contributed by atoms with van der Waals surface area (Å²) in [6, 6.07) is 0.144. The lowest BCUT2D eigenvalue weighted by Crippen LogP contribution is -2.26. The average Bonchev–Trinajstić information content (AvgIpc) is 3.30. The van der Waals surface area contributed by atoms with Crippen LogP contribution in [0.5, 0.6) is 0 Å². The van der Waals surface area contributed by atoms with Crippen molar-refractivity contribution >= 4 is 40.6 Å². The number of anilines is 1. The lowest BCUT2D eigenvalue weighted by Gasteiger charge is -2.11. The fraction of sp³-hybridized carbons (Fsp3) is 0.278. The average molecular weight is 473 g/mol. The normalized spacial score (nSPS) is 12.5. The highest BCUT2D eigenvalue weighted by Crippen LogP contribution is 2.35. The van der Waals surface area contributed by atoms with Crippen molar-refractivity contribution in [1.82, 2.24) is 25.1 Å². The van der Waals surface area contributed by atoms with Crippen LogP contribution in [0.15, 0.2) is 24.7 Å². The summed E-state index contributed by atoms with van der Waals surface area (Å²) < 4.78 is 40.5. The van der Waals surface area contributed by atoms with Crippen molar-refractivity contribution < 1.29 is 22.8 Å². The first-order chi connectivity index (χ1) is 14.5. The van der Waals surface area contributed by atoms with E-state index in [2.05, 4.69) is 25.7 Å². The van der Waals surface area contributed by atoms with Gasteiger partial charge < -0.3 is 10.6 Å². The number of pyridine rings is 1. The number of aryl methyl sites for hydroxylation is 1. The molecule has 2 amide bonds. The summed E-state index contributed by atoms with van der Waals surface area (Å²) in [5, 5.41) is 8.95. The molecule has 0 aromatic carbocycles. The van der Waals surface area contributed by atoms with Crippen LogP contribution < -0.4 is 10.6 Å². The zero-order chi connectivity index (χ0) is 22.9. The number of aromatic nitrogens is 4. The molecule has 1 atom stereocenters. The second kappa shape index (κ2) is 8.63. The Labute approximate surface area is 183 Å². The number of halogens is 4. The van der Waals surface area contributed by atoms with Crippen LogP contribution in [0.1, 0.15) is 49.3 Å². The Hall–Kier alpha value is -2.99. The third-order valence-corrected chi connectivity index (χ3v) is 5.83. The smallest absolute Gasteiger partial charge is 0.343 e. The van der Waals surface area contributed by atoms with Crippen molar-refractivity contribution in [3.05, 3.63) is 56.4 Å². The number of carbonyl (C=O) groups is 2. The van der Waals surface area contributed by atoms with Crippen molar-refractivity contribution in [2.24, 2.45) is 7.05 Å². The van der Waals surface area contributed by atoms with Crippen molar-refractivity contribution in [2.45, 2.75) is 26.1 Å². The molecule has 164 valence electrons. The Kier molecular flexibility index (Phi) is 6.32. The van der Waals surface area contributed by atoms with Crippen LogP contribution in [0, 0.1) is 6.92 Å². The van der Waals surface area contributed by atoms with Crippen LogP contribution in [0.4, 0.5) is 19.0 Å². The van der Waals surface area contributed by atoms with E-state index in [0.717, 1.165) is 17.5 Å². The molecule has 31 heavy (non-hydrogen) atoms. The topological polar surface area (TPSA) is 102 Å². The highest BCUT2D eigenvalue weighted by atomic mass is 35.5. The Morgan fingerprint density at radius 1 is 1.19 bits per heavy atom. The van der Waals surface area contributed by atoms with Gasteiger partial charge in [-0.25, -0.2) is 9.97 Å². The van der Waals surface area contributed by atoms with Gasteiger partial charge in [0.15, 0.2) is 0 Å². The van der Waals surface area contributed by atoms with Crippen molar-refractivity contribution in [3.8, 4) is 0 Å². The SMILES string of the molecule is Cc1c(C(=O)N[C@H](C)c2ncc(C(=O)Nc3cc(C(F)(F)F)c(Cl)cn3)s2)cnn1C. The molecule has 0 bridgehead atoms. The predicted octanol–water partition coefficient (Wildman–Crippen LogP) is 4.00. The summed E-state index contributed by atoms with van der Waals surface area (Å²) in [7, 11) is 1.72. The Balaban J connectivity index is 1.69. The van der Waals surface area contributed by atoms with Crippen LogP contribution in [-0.2, 0) is 13.2 Å². The molecule has 0 saturated heterocycles. The zero-order valence-corrected chi connectivity index (χ0v) is 18.0. The van der Waals surface area contributed by atoms with Crippen LogP contribution >= 0.6 is 22.9 Å². The molecule has 0 unspecified atom stereocenters. The van der Waals surface area contributed by atoms with Crippen LogP contribution in [0.25, 0.3) is 0 Å². The molecule has 3 aromatic rings. The molecule has 0 aliphatic carbocycles. The summed E-state index contributed by atoms with van der Waals surface area (Å²) >= 11 is 6.52. The third kappa shape index (κ3) is 5.02. The predicted molar refractivity (Wildman–Crippen MR) is 108 cm³/mol. The molecule has 0 spiro atoms. The lowest BCUT2D eigenvalue weighted by atomic mass is 10.2. The van der Waals surface area contributed by atoms with Gasteiger partial charge in [-0.05, 0) is 19.9 Å². The van der Waals surface area contributed by atoms with Crippen LogP contribution in [-0.4, -0.2) is 31.6 Å².